The van der Waals surface area contributed by atoms with Gasteiger partial charge in [0.05, 0.1) is 12.2 Å². The molecule has 2 aliphatic heterocycles. The summed E-state index contributed by atoms with van der Waals surface area (Å²) in [7, 11) is 0. The van der Waals surface area contributed by atoms with Crippen LogP contribution in [0.1, 0.15) is 33.6 Å². The molecule has 0 saturated carbocycles. The van der Waals surface area contributed by atoms with Crippen LogP contribution in [0.4, 0.5) is 0 Å². The van der Waals surface area contributed by atoms with E-state index in [1.54, 1.807) is 0 Å². The molecule has 0 aromatic heterocycles. The van der Waals surface area contributed by atoms with Crippen LogP contribution in [-0.4, -0.2) is 53.3 Å². The van der Waals surface area contributed by atoms with Crippen molar-refractivity contribution in [1.29, 1.82) is 0 Å². The van der Waals surface area contributed by atoms with E-state index in [4.69, 9.17) is 10.5 Å². The van der Waals surface area contributed by atoms with Gasteiger partial charge in [-0.3, -0.25) is 4.90 Å². The summed E-state index contributed by atoms with van der Waals surface area (Å²) in [5.41, 5.74) is 6.36. The van der Waals surface area contributed by atoms with Crippen LogP contribution in [0, 0.1) is 0 Å². The topological polar surface area (TPSA) is 38.5 Å². The Balaban J connectivity index is 2.15. The maximum atomic E-state index is 6.15. The van der Waals surface area contributed by atoms with Crippen LogP contribution in [0.3, 0.4) is 0 Å². The Labute approximate surface area is 109 Å². The summed E-state index contributed by atoms with van der Waals surface area (Å²) in [6, 6.07) is 0. The third-order valence-corrected chi connectivity index (χ3v) is 5.74. The normalized spacial score (nSPS) is 44.8. The van der Waals surface area contributed by atoms with Crippen molar-refractivity contribution in [3.8, 4) is 0 Å². The van der Waals surface area contributed by atoms with E-state index in [1.807, 2.05) is 0 Å². The second kappa shape index (κ2) is 5.47. The third-order valence-electron chi connectivity index (χ3n) is 4.28. The molecule has 2 saturated heterocycles. The van der Waals surface area contributed by atoms with E-state index in [0.29, 0.717) is 17.5 Å². The highest BCUT2D eigenvalue weighted by Gasteiger charge is 2.44. The molecule has 4 heteroatoms. The molecule has 17 heavy (non-hydrogen) atoms. The van der Waals surface area contributed by atoms with Crippen LogP contribution in [0.25, 0.3) is 0 Å². The van der Waals surface area contributed by atoms with E-state index < -0.39 is 0 Å². The summed E-state index contributed by atoms with van der Waals surface area (Å²) >= 11 is 2.08. The van der Waals surface area contributed by atoms with Gasteiger partial charge in [-0.1, -0.05) is 6.92 Å². The summed E-state index contributed by atoms with van der Waals surface area (Å²) < 4.78 is 5.84. The molecule has 0 aromatic rings. The maximum Gasteiger partial charge on any atom is 0.0678 e. The molecular weight excluding hydrogens is 232 g/mol. The Morgan fingerprint density at radius 2 is 1.94 bits per heavy atom. The van der Waals surface area contributed by atoms with Gasteiger partial charge in [0.2, 0.25) is 0 Å². The lowest BCUT2D eigenvalue weighted by molar-refractivity contribution is -0.103. The monoisotopic (exact) mass is 258 g/mol. The van der Waals surface area contributed by atoms with Crippen molar-refractivity contribution in [1.82, 2.24) is 4.90 Å². The van der Waals surface area contributed by atoms with Gasteiger partial charge in [-0.15, -0.1) is 0 Å². The number of nitrogens with two attached hydrogens (primary N) is 1. The van der Waals surface area contributed by atoms with Crippen molar-refractivity contribution in [2.75, 3.05) is 25.4 Å². The average molecular weight is 258 g/mol. The van der Waals surface area contributed by atoms with E-state index in [1.165, 1.54) is 18.6 Å². The first-order valence-electron chi connectivity index (χ1n) is 6.80. The number of ether oxygens (including phenoxy) is 1. The molecule has 4 atom stereocenters. The third kappa shape index (κ3) is 2.65. The lowest BCUT2D eigenvalue weighted by Gasteiger charge is -2.53. The summed E-state index contributed by atoms with van der Waals surface area (Å²) in [6.07, 6.45) is 3.21. The van der Waals surface area contributed by atoms with Crippen LogP contribution in [0.15, 0.2) is 0 Å². The molecule has 2 aliphatic rings. The minimum Gasteiger partial charge on any atom is -0.373 e. The Morgan fingerprint density at radius 3 is 2.47 bits per heavy atom. The number of morpholine rings is 1. The van der Waals surface area contributed by atoms with Crippen LogP contribution < -0.4 is 5.73 Å². The van der Waals surface area contributed by atoms with Crippen molar-refractivity contribution in [3.63, 3.8) is 0 Å². The Morgan fingerprint density at radius 1 is 1.29 bits per heavy atom. The Kier molecular flexibility index (Phi) is 4.40. The lowest BCUT2D eigenvalue weighted by atomic mass is 9.86. The predicted octanol–water partition coefficient (Wildman–Crippen LogP) is 1.71. The summed E-state index contributed by atoms with van der Waals surface area (Å²) in [6.45, 7) is 9.54. The molecule has 2 rings (SSSR count). The van der Waals surface area contributed by atoms with Gasteiger partial charge in [0.15, 0.2) is 0 Å². The van der Waals surface area contributed by atoms with Gasteiger partial charge >= 0.3 is 0 Å². The maximum absolute atomic E-state index is 6.15. The van der Waals surface area contributed by atoms with Crippen LogP contribution in [0.5, 0.6) is 0 Å². The fourth-order valence-electron chi connectivity index (χ4n) is 3.35. The fourth-order valence-corrected chi connectivity index (χ4v) is 4.69. The van der Waals surface area contributed by atoms with E-state index in [2.05, 4.69) is 37.4 Å². The SMILES string of the molecule is CC1SCCCC1(CN)N1C[C@@H](C)O[C@@H](C)C1. The zero-order valence-electron chi connectivity index (χ0n) is 11.3. The van der Waals surface area contributed by atoms with E-state index in [-0.39, 0.29) is 5.54 Å². The lowest BCUT2D eigenvalue weighted by Crippen LogP contribution is -2.65. The first-order valence-corrected chi connectivity index (χ1v) is 7.85. The standard InChI is InChI=1S/C13H26N2OS/c1-10-7-15(8-11(2)16-10)13(9-14)5-4-6-17-12(13)3/h10-12H,4-9,14H2,1-3H3/t10-,11+,12?,13?. The molecular formula is C13H26N2OS. The van der Waals surface area contributed by atoms with Crippen molar-refractivity contribution in [2.24, 2.45) is 5.73 Å². The highest BCUT2D eigenvalue weighted by Crippen LogP contribution is 2.39. The largest absolute Gasteiger partial charge is 0.373 e. The molecule has 2 unspecified atom stereocenters. The number of rotatable bonds is 2. The first-order chi connectivity index (χ1) is 8.08. The van der Waals surface area contributed by atoms with Crippen LogP contribution in [0.2, 0.25) is 0 Å². The quantitative estimate of drug-likeness (QED) is 0.818. The van der Waals surface area contributed by atoms with Gasteiger partial charge in [0.25, 0.3) is 0 Å². The van der Waals surface area contributed by atoms with Gasteiger partial charge < -0.3 is 10.5 Å². The molecule has 0 amide bonds. The minimum atomic E-state index is 0.204. The predicted molar refractivity (Wildman–Crippen MR) is 74.5 cm³/mol. The molecule has 100 valence electrons. The molecule has 0 aromatic carbocycles. The molecule has 2 heterocycles. The number of hydrogen-bond donors (Lipinski definition) is 1. The summed E-state index contributed by atoms with van der Waals surface area (Å²) in [5, 5.41) is 0.638. The second-order valence-corrected chi connectivity index (χ2v) is 7.04. The second-order valence-electron chi connectivity index (χ2n) is 5.59. The summed E-state index contributed by atoms with van der Waals surface area (Å²) in [4.78, 5) is 2.61. The van der Waals surface area contributed by atoms with Gasteiger partial charge in [-0.05, 0) is 32.4 Å². The zero-order valence-corrected chi connectivity index (χ0v) is 12.1. The number of nitrogens with zero attached hydrogens (tertiary/aromatic N) is 1. The fraction of sp³-hybridized carbons (Fsp3) is 1.00. The van der Waals surface area contributed by atoms with Crippen LogP contribution in [-0.2, 0) is 4.74 Å². The Bertz CT molecular complexity index is 254. The summed E-state index contributed by atoms with van der Waals surface area (Å²) in [5.74, 6) is 1.29. The van der Waals surface area contributed by atoms with Crippen LogP contribution >= 0.6 is 11.8 Å². The number of hydrogen-bond acceptors (Lipinski definition) is 4. The van der Waals surface area contributed by atoms with Gasteiger partial charge in [0, 0.05) is 30.4 Å². The molecule has 2 N–H and O–H groups in total. The van der Waals surface area contributed by atoms with E-state index in [0.717, 1.165) is 19.6 Å². The molecule has 0 aliphatic carbocycles. The molecule has 0 radical (unpaired) electrons. The van der Waals surface area contributed by atoms with Gasteiger partial charge in [0.1, 0.15) is 0 Å². The molecule has 0 spiro atoms. The van der Waals surface area contributed by atoms with Crippen molar-refractivity contribution < 1.29 is 4.74 Å². The van der Waals surface area contributed by atoms with Crippen molar-refractivity contribution >= 4 is 11.8 Å². The van der Waals surface area contributed by atoms with E-state index in [9.17, 15) is 0 Å². The smallest absolute Gasteiger partial charge is 0.0678 e. The van der Waals surface area contributed by atoms with Gasteiger partial charge in [-0.2, -0.15) is 11.8 Å². The molecule has 0 bridgehead atoms. The number of thioether (sulfide) groups is 1. The minimum absolute atomic E-state index is 0.204. The Hall–Kier alpha value is 0.230. The van der Waals surface area contributed by atoms with E-state index >= 15 is 0 Å². The zero-order chi connectivity index (χ0) is 12.5. The molecule has 3 nitrogen and oxygen atoms in total. The van der Waals surface area contributed by atoms with Crippen molar-refractivity contribution in [3.05, 3.63) is 0 Å². The first kappa shape index (κ1) is 13.7. The average Bonchev–Trinajstić information content (AvgIpc) is 2.28. The molecule has 2 fully saturated rings. The highest BCUT2D eigenvalue weighted by atomic mass is 32.2. The highest BCUT2D eigenvalue weighted by molar-refractivity contribution is 8.00. The van der Waals surface area contributed by atoms with Crippen molar-refractivity contribution in [2.45, 2.75) is 56.6 Å². The van der Waals surface area contributed by atoms with Gasteiger partial charge in [-0.25, -0.2) is 0 Å².